The monoisotopic (exact) mass is 287 g/mol. The number of nitrogens with one attached hydrogen (secondary N) is 1. The van der Waals surface area contributed by atoms with E-state index in [-0.39, 0.29) is 12.6 Å². The molecule has 2 N–H and O–H groups in total. The van der Waals surface area contributed by atoms with Gasteiger partial charge in [0.25, 0.3) is 0 Å². The van der Waals surface area contributed by atoms with Gasteiger partial charge in [0, 0.05) is 26.0 Å². The van der Waals surface area contributed by atoms with E-state index in [0.29, 0.717) is 11.4 Å². The van der Waals surface area contributed by atoms with E-state index in [2.05, 4.69) is 5.32 Å². The van der Waals surface area contributed by atoms with Gasteiger partial charge in [-0.15, -0.1) is 0 Å². The van der Waals surface area contributed by atoms with Crippen LogP contribution in [-0.2, 0) is 14.6 Å². The predicted octanol–water partition coefficient (Wildman–Crippen LogP) is 0.748. The number of ether oxygens (including phenoxy) is 1. The third-order valence-corrected chi connectivity index (χ3v) is 3.96. The molecule has 0 radical (unpaired) electrons. The summed E-state index contributed by atoms with van der Waals surface area (Å²) < 4.78 is 27.5. The molecule has 0 saturated carbocycles. The fraction of sp³-hybridized carbons (Fsp3) is 0.538. The largest absolute Gasteiger partial charge is 0.389 e. The molecular formula is C13H21NO4S. The Bertz CT molecular complexity index is 484. The van der Waals surface area contributed by atoms with Gasteiger partial charge < -0.3 is 15.2 Å². The first-order valence-corrected chi connectivity index (χ1v) is 7.94. The first kappa shape index (κ1) is 16.1. The van der Waals surface area contributed by atoms with Crippen LogP contribution in [0.25, 0.3) is 0 Å². The topological polar surface area (TPSA) is 75.6 Å². The summed E-state index contributed by atoms with van der Waals surface area (Å²) in [5, 5.41) is 12.7. The molecule has 19 heavy (non-hydrogen) atoms. The standard InChI is InChI=1S/C13H21NO4S/c1-10(14-8-12(15)9-18-2)11-4-6-13(7-5-11)19(3,16)17/h4-7,10,12,14-15H,8-9H2,1-3H3. The Labute approximate surface area is 114 Å². The van der Waals surface area contributed by atoms with Crippen molar-refractivity contribution in [2.24, 2.45) is 0 Å². The van der Waals surface area contributed by atoms with E-state index in [1.54, 1.807) is 24.3 Å². The molecule has 1 aromatic rings. The summed E-state index contributed by atoms with van der Waals surface area (Å²) in [6.07, 6.45) is 0.632. The van der Waals surface area contributed by atoms with Crippen molar-refractivity contribution >= 4 is 9.84 Å². The van der Waals surface area contributed by atoms with Gasteiger partial charge in [-0.05, 0) is 24.6 Å². The molecule has 0 amide bonds. The van der Waals surface area contributed by atoms with Gasteiger partial charge in [0.1, 0.15) is 0 Å². The Morgan fingerprint density at radius 2 is 1.89 bits per heavy atom. The van der Waals surface area contributed by atoms with Crippen LogP contribution in [0.1, 0.15) is 18.5 Å². The highest BCUT2D eigenvalue weighted by molar-refractivity contribution is 7.90. The smallest absolute Gasteiger partial charge is 0.175 e. The van der Waals surface area contributed by atoms with Crippen LogP contribution in [0.15, 0.2) is 29.2 Å². The van der Waals surface area contributed by atoms with Gasteiger partial charge in [0.15, 0.2) is 9.84 Å². The predicted molar refractivity (Wildman–Crippen MR) is 73.9 cm³/mol. The number of methoxy groups -OCH3 is 1. The molecule has 0 aliphatic heterocycles. The van der Waals surface area contributed by atoms with Crippen LogP contribution in [0.2, 0.25) is 0 Å². The van der Waals surface area contributed by atoms with Crippen LogP contribution >= 0.6 is 0 Å². The van der Waals surface area contributed by atoms with E-state index >= 15 is 0 Å². The fourth-order valence-corrected chi connectivity index (χ4v) is 2.32. The Morgan fingerprint density at radius 1 is 1.32 bits per heavy atom. The van der Waals surface area contributed by atoms with Crippen molar-refractivity contribution in [3.8, 4) is 0 Å². The van der Waals surface area contributed by atoms with Gasteiger partial charge in [0.2, 0.25) is 0 Å². The lowest BCUT2D eigenvalue weighted by atomic mass is 10.1. The lowest BCUT2D eigenvalue weighted by molar-refractivity contribution is 0.0630. The van der Waals surface area contributed by atoms with Gasteiger partial charge in [-0.2, -0.15) is 0 Å². The van der Waals surface area contributed by atoms with E-state index in [1.807, 2.05) is 6.92 Å². The van der Waals surface area contributed by atoms with Crippen molar-refractivity contribution in [3.63, 3.8) is 0 Å². The summed E-state index contributed by atoms with van der Waals surface area (Å²) in [5.74, 6) is 0. The van der Waals surface area contributed by atoms with Crippen molar-refractivity contribution in [3.05, 3.63) is 29.8 Å². The lowest BCUT2D eigenvalue weighted by Gasteiger charge is -2.17. The lowest BCUT2D eigenvalue weighted by Crippen LogP contribution is -2.31. The third kappa shape index (κ3) is 5.28. The molecule has 0 aliphatic rings. The summed E-state index contributed by atoms with van der Waals surface area (Å²) in [6, 6.07) is 6.76. The molecular weight excluding hydrogens is 266 g/mol. The van der Waals surface area contributed by atoms with Crippen LogP contribution < -0.4 is 5.32 Å². The Balaban J connectivity index is 2.61. The van der Waals surface area contributed by atoms with Crippen LogP contribution in [0.4, 0.5) is 0 Å². The maximum atomic E-state index is 11.3. The average molecular weight is 287 g/mol. The number of sulfone groups is 1. The summed E-state index contributed by atoms with van der Waals surface area (Å²) in [4.78, 5) is 0.308. The minimum Gasteiger partial charge on any atom is -0.389 e. The number of aliphatic hydroxyl groups is 1. The summed E-state index contributed by atoms with van der Waals surface area (Å²) in [6.45, 7) is 2.66. The highest BCUT2D eigenvalue weighted by Crippen LogP contribution is 2.16. The van der Waals surface area contributed by atoms with E-state index in [1.165, 1.54) is 13.4 Å². The molecule has 1 aromatic carbocycles. The SMILES string of the molecule is COCC(O)CNC(C)c1ccc(S(C)(=O)=O)cc1. The maximum Gasteiger partial charge on any atom is 0.175 e. The molecule has 5 nitrogen and oxygen atoms in total. The van der Waals surface area contributed by atoms with Gasteiger partial charge in [-0.25, -0.2) is 8.42 Å². The molecule has 2 unspecified atom stereocenters. The van der Waals surface area contributed by atoms with Crippen molar-refractivity contribution in [2.75, 3.05) is 26.5 Å². The van der Waals surface area contributed by atoms with Crippen molar-refractivity contribution in [1.82, 2.24) is 5.32 Å². The first-order valence-electron chi connectivity index (χ1n) is 6.05. The molecule has 0 aromatic heterocycles. The van der Waals surface area contributed by atoms with Crippen molar-refractivity contribution in [2.45, 2.75) is 24.0 Å². The van der Waals surface area contributed by atoms with Gasteiger partial charge in [-0.1, -0.05) is 12.1 Å². The van der Waals surface area contributed by atoms with Gasteiger partial charge >= 0.3 is 0 Å². The van der Waals surface area contributed by atoms with Crippen molar-refractivity contribution in [1.29, 1.82) is 0 Å². The zero-order chi connectivity index (χ0) is 14.5. The number of hydrogen-bond donors (Lipinski definition) is 2. The Kier molecular flexibility index (Phi) is 5.93. The molecule has 0 fully saturated rings. The maximum absolute atomic E-state index is 11.3. The average Bonchev–Trinajstić information content (AvgIpc) is 2.35. The highest BCUT2D eigenvalue weighted by Gasteiger charge is 2.10. The molecule has 0 heterocycles. The van der Waals surface area contributed by atoms with Crippen LogP contribution in [0.5, 0.6) is 0 Å². The van der Waals surface area contributed by atoms with E-state index in [4.69, 9.17) is 4.74 Å². The highest BCUT2D eigenvalue weighted by atomic mass is 32.2. The molecule has 2 atom stereocenters. The Morgan fingerprint density at radius 3 is 2.37 bits per heavy atom. The number of benzene rings is 1. The molecule has 108 valence electrons. The van der Waals surface area contributed by atoms with E-state index < -0.39 is 15.9 Å². The quantitative estimate of drug-likeness (QED) is 0.774. The molecule has 0 saturated heterocycles. The number of rotatable bonds is 7. The van der Waals surface area contributed by atoms with Crippen LogP contribution in [0.3, 0.4) is 0 Å². The summed E-state index contributed by atoms with van der Waals surface area (Å²) in [5.41, 5.74) is 0.969. The van der Waals surface area contributed by atoms with Crippen LogP contribution in [0, 0.1) is 0 Å². The zero-order valence-electron chi connectivity index (χ0n) is 11.5. The second-order valence-electron chi connectivity index (χ2n) is 4.58. The van der Waals surface area contributed by atoms with Gasteiger partial charge in [0.05, 0.1) is 17.6 Å². The molecule has 0 bridgehead atoms. The second-order valence-corrected chi connectivity index (χ2v) is 6.60. The van der Waals surface area contributed by atoms with E-state index in [9.17, 15) is 13.5 Å². The zero-order valence-corrected chi connectivity index (χ0v) is 12.3. The Hall–Kier alpha value is -0.950. The fourth-order valence-electron chi connectivity index (χ4n) is 1.69. The van der Waals surface area contributed by atoms with Gasteiger partial charge in [-0.3, -0.25) is 0 Å². The number of aliphatic hydroxyl groups excluding tert-OH is 1. The second kappa shape index (κ2) is 7.00. The summed E-state index contributed by atoms with van der Waals surface area (Å²) in [7, 11) is -1.62. The molecule has 0 aliphatic carbocycles. The molecule has 1 rings (SSSR count). The summed E-state index contributed by atoms with van der Waals surface area (Å²) >= 11 is 0. The van der Waals surface area contributed by atoms with E-state index in [0.717, 1.165) is 5.56 Å². The minimum absolute atomic E-state index is 0.0279. The number of hydrogen-bond acceptors (Lipinski definition) is 5. The molecule has 0 spiro atoms. The third-order valence-electron chi connectivity index (χ3n) is 2.83. The van der Waals surface area contributed by atoms with Crippen LogP contribution in [-0.4, -0.2) is 46.1 Å². The van der Waals surface area contributed by atoms with Crippen molar-refractivity contribution < 1.29 is 18.3 Å². The molecule has 6 heteroatoms. The first-order chi connectivity index (χ1) is 8.84. The normalized spacial score (nSPS) is 15.2. The minimum atomic E-state index is -3.16.